The first-order chi connectivity index (χ1) is 13.5. The molecular formula is C21H15Cl2FN2O2. The van der Waals surface area contributed by atoms with Crippen molar-refractivity contribution in [1.29, 1.82) is 0 Å². The number of rotatable bonds is 3. The molecule has 0 N–H and O–H groups in total. The summed E-state index contributed by atoms with van der Waals surface area (Å²) < 4.78 is 19.7. The Morgan fingerprint density at radius 2 is 1.96 bits per heavy atom. The number of benzene rings is 2. The van der Waals surface area contributed by atoms with Gasteiger partial charge in [0.1, 0.15) is 17.1 Å². The molecule has 1 amide bonds. The van der Waals surface area contributed by atoms with Gasteiger partial charge in [0.15, 0.2) is 0 Å². The molecule has 0 bridgehead atoms. The van der Waals surface area contributed by atoms with Crippen molar-refractivity contribution in [2.24, 2.45) is 0 Å². The molecule has 0 aliphatic carbocycles. The zero-order valence-electron chi connectivity index (χ0n) is 14.7. The number of anilines is 1. The molecule has 1 aliphatic heterocycles. The average Bonchev–Trinajstić information content (AvgIpc) is 2.71. The van der Waals surface area contributed by atoms with E-state index in [4.69, 9.17) is 27.9 Å². The maximum absolute atomic E-state index is 13.9. The molecule has 1 aromatic heterocycles. The molecule has 0 radical (unpaired) electrons. The van der Waals surface area contributed by atoms with E-state index < -0.39 is 5.82 Å². The van der Waals surface area contributed by atoms with Gasteiger partial charge in [0.25, 0.3) is 5.91 Å². The lowest BCUT2D eigenvalue weighted by molar-refractivity contribution is 0.0981. The minimum absolute atomic E-state index is 0.0211. The smallest absolute Gasteiger partial charge is 0.263 e. The summed E-state index contributed by atoms with van der Waals surface area (Å²) in [6.45, 7) is 0.531. The van der Waals surface area contributed by atoms with Crippen molar-refractivity contribution in [3.8, 4) is 11.6 Å². The summed E-state index contributed by atoms with van der Waals surface area (Å²) >= 11 is 12.1. The number of para-hydroxylation sites is 1. The third-order valence-corrected chi connectivity index (χ3v) is 5.05. The summed E-state index contributed by atoms with van der Waals surface area (Å²) in [5, 5.41) is 0.719. The van der Waals surface area contributed by atoms with Gasteiger partial charge in [-0.3, -0.25) is 4.79 Å². The Labute approximate surface area is 171 Å². The fraction of sp³-hybridized carbons (Fsp3) is 0.143. The SMILES string of the molecule is O=C(c1cc(F)cnc1Oc1cc(Cl)ccc1Cl)N1CCCc2ccccc21. The first-order valence-corrected chi connectivity index (χ1v) is 9.47. The van der Waals surface area contributed by atoms with Crippen LogP contribution in [-0.2, 0) is 6.42 Å². The Kier molecular flexibility index (Phi) is 5.20. The summed E-state index contributed by atoms with van der Waals surface area (Å²) in [5.74, 6) is -0.800. The number of carbonyl (C=O) groups is 1. The van der Waals surface area contributed by atoms with E-state index >= 15 is 0 Å². The minimum Gasteiger partial charge on any atom is -0.437 e. The monoisotopic (exact) mass is 416 g/mol. The number of fused-ring (bicyclic) bond motifs is 1. The molecule has 2 aromatic carbocycles. The number of ether oxygens (including phenoxy) is 1. The van der Waals surface area contributed by atoms with Crippen LogP contribution in [0, 0.1) is 5.82 Å². The molecule has 0 atom stereocenters. The van der Waals surface area contributed by atoms with E-state index in [-0.39, 0.29) is 23.1 Å². The third kappa shape index (κ3) is 3.68. The minimum atomic E-state index is -0.627. The second-order valence-electron chi connectivity index (χ2n) is 6.37. The second-order valence-corrected chi connectivity index (χ2v) is 7.22. The van der Waals surface area contributed by atoms with Crippen molar-refractivity contribution in [3.63, 3.8) is 0 Å². The number of aryl methyl sites for hydroxylation is 1. The number of hydrogen-bond acceptors (Lipinski definition) is 3. The summed E-state index contributed by atoms with van der Waals surface area (Å²) in [4.78, 5) is 18.9. The Morgan fingerprint density at radius 3 is 2.82 bits per heavy atom. The number of pyridine rings is 1. The molecule has 7 heteroatoms. The van der Waals surface area contributed by atoms with Crippen LogP contribution in [0.4, 0.5) is 10.1 Å². The normalized spacial score (nSPS) is 13.2. The fourth-order valence-electron chi connectivity index (χ4n) is 3.21. The predicted octanol–water partition coefficient (Wildman–Crippen LogP) is 5.91. The lowest BCUT2D eigenvalue weighted by Gasteiger charge is -2.29. The van der Waals surface area contributed by atoms with Crippen LogP contribution < -0.4 is 9.64 Å². The first-order valence-electron chi connectivity index (χ1n) is 8.71. The number of amides is 1. The van der Waals surface area contributed by atoms with Crippen LogP contribution in [0.1, 0.15) is 22.3 Å². The van der Waals surface area contributed by atoms with Crippen LogP contribution in [0.25, 0.3) is 0 Å². The van der Waals surface area contributed by atoms with E-state index in [1.165, 1.54) is 6.07 Å². The first kappa shape index (κ1) is 18.7. The standard InChI is InChI=1S/C21H15Cl2FN2O2/c22-14-7-8-17(23)19(10-14)28-20-16(11-15(24)12-25-20)21(27)26-9-3-5-13-4-1-2-6-18(13)26/h1-2,4,6-8,10-12H,3,5,9H2. The maximum atomic E-state index is 13.9. The van der Waals surface area contributed by atoms with Crippen LogP contribution in [0.15, 0.2) is 54.7 Å². The van der Waals surface area contributed by atoms with Crippen LogP contribution in [-0.4, -0.2) is 17.4 Å². The highest BCUT2D eigenvalue weighted by atomic mass is 35.5. The van der Waals surface area contributed by atoms with Crippen molar-refractivity contribution in [1.82, 2.24) is 4.98 Å². The van der Waals surface area contributed by atoms with Crippen molar-refractivity contribution in [3.05, 3.63) is 81.7 Å². The molecule has 0 saturated heterocycles. The molecule has 142 valence electrons. The second kappa shape index (κ2) is 7.78. The molecule has 3 aromatic rings. The van der Waals surface area contributed by atoms with Crippen LogP contribution in [0.3, 0.4) is 0 Å². The summed E-state index contributed by atoms with van der Waals surface area (Å²) in [6.07, 6.45) is 2.71. The number of halogens is 3. The van der Waals surface area contributed by atoms with E-state index in [0.29, 0.717) is 16.6 Å². The van der Waals surface area contributed by atoms with Gasteiger partial charge in [-0.05, 0) is 42.7 Å². The molecule has 4 nitrogen and oxygen atoms in total. The van der Waals surface area contributed by atoms with Crippen LogP contribution in [0.2, 0.25) is 10.0 Å². The van der Waals surface area contributed by atoms with Crippen molar-refractivity contribution < 1.29 is 13.9 Å². The van der Waals surface area contributed by atoms with E-state index in [1.54, 1.807) is 17.0 Å². The van der Waals surface area contributed by atoms with Gasteiger partial charge in [-0.2, -0.15) is 0 Å². The van der Waals surface area contributed by atoms with Gasteiger partial charge in [0, 0.05) is 23.3 Å². The van der Waals surface area contributed by atoms with E-state index in [1.807, 2.05) is 24.3 Å². The van der Waals surface area contributed by atoms with Gasteiger partial charge in [-0.15, -0.1) is 0 Å². The maximum Gasteiger partial charge on any atom is 0.263 e. The Morgan fingerprint density at radius 1 is 1.14 bits per heavy atom. The highest BCUT2D eigenvalue weighted by Gasteiger charge is 2.27. The lowest BCUT2D eigenvalue weighted by Crippen LogP contribution is -2.35. The van der Waals surface area contributed by atoms with Gasteiger partial charge in [0.05, 0.1) is 11.2 Å². The molecule has 0 unspecified atom stereocenters. The van der Waals surface area contributed by atoms with Crippen molar-refractivity contribution in [2.75, 3.05) is 11.4 Å². The number of nitrogens with zero attached hydrogens (tertiary/aromatic N) is 2. The van der Waals surface area contributed by atoms with E-state index in [9.17, 15) is 9.18 Å². The third-order valence-electron chi connectivity index (χ3n) is 4.50. The summed E-state index contributed by atoms with van der Waals surface area (Å²) in [6, 6.07) is 13.5. The number of aromatic nitrogens is 1. The molecule has 4 rings (SSSR count). The highest BCUT2D eigenvalue weighted by Crippen LogP contribution is 2.34. The average molecular weight is 417 g/mol. The predicted molar refractivity (Wildman–Crippen MR) is 107 cm³/mol. The van der Waals surface area contributed by atoms with Crippen LogP contribution in [0.5, 0.6) is 11.6 Å². The molecule has 2 heterocycles. The van der Waals surface area contributed by atoms with Gasteiger partial charge >= 0.3 is 0 Å². The van der Waals surface area contributed by atoms with E-state index in [0.717, 1.165) is 36.4 Å². The van der Waals surface area contributed by atoms with Crippen LogP contribution >= 0.6 is 23.2 Å². The molecule has 1 aliphatic rings. The Hall–Kier alpha value is -2.63. The Bertz CT molecular complexity index is 1060. The molecule has 28 heavy (non-hydrogen) atoms. The van der Waals surface area contributed by atoms with Gasteiger partial charge < -0.3 is 9.64 Å². The van der Waals surface area contributed by atoms with Gasteiger partial charge in [0.2, 0.25) is 5.88 Å². The number of carbonyl (C=O) groups excluding carboxylic acids is 1. The topological polar surface area (TPSA) is 42.4 Å². The molecule has 0 fully saturated rings. The van der Waals surface area contributed by atoms with Crippen molar-refractivity contribution >= 4 is 34.8 Å². The molecule has 0 saturated carbocycles. The Balaban J connectivity index is 1.73. The molecular weight excluding hydrogens is 402 g/mol. The molecule has 0 spiro atoms. The van der Waals surface area contributed by atoms with E-state index in [2.05, 4.69) is 4.98 Å². The largest absolute Gasteiger partial charge is 0.437 e. The highest BCUT2D eigenvalue weighted by molar-refractivity contribution is 6.34. The fourth-order valence-corrected chi connectivity index (χ4v) is 3.53. The quantitative estimate of drug-likeness (QED) is 0.532. The summed E-state index contributed by atoms with van der Waals surface area (Å²) in [5.41, 5.74) is 1.91. The summed E-state index contributed by atoms with van der Waals surface area (Å²) in [7, 11) is 0. The zero-order chi connectivity index (χ0) is 19.7. The van der Waals surface area contributed by atoms with Crippen molar-refractivity contribution in [2.45, 2.75) is 12.8 Å². The number of hydrogen-bond donors (Lipinski definition) is 0. The zero-order valence-corrected chi connectivity index (χ0v) is 16.2. The lowest BCUT2D eigenvalue weighted by atomic mass is 10.0. The van der Waals surface area contributed by atoms with Gasteiger partial charge in [-0.1, -0.05) is 41.4 Å². The van der Waals surface area contributed by atoms with Gasteiger partial charge in [-0.25, -0.2) is 9.37 Å².